The molecule has 6 nitrogen and oxygen atoms in total. The molecule has 0 unspecified atom stereocenters. The molecule has 0 radical (unpaired) electrons. The predicted octanol–water partition coefficient (Wildman–Crippen LogP) is 2.99. The van der Waals surface area contributed by atoms with Gasteiger partial charge in [-0.1, -0.05) is 0 Å². The Kier molecular flexibility index (Phi) is 5.39. The Balaban J connectivity index is 1.64. The summed E-state index contributed by atoms with van der Waals surface area (Å²) in [6.45, 7) is 9.67. The Labute approximate surface area is 157 Å². The first-order valence-electron chi connectivity index (χ1n) is 8.23. The second-order valence-electron chi connectivity index (χ2n) is 6.02. The van der Waals surface area contributed by atoms with Gasteiger partial charge in [-0.15, -0.1) is 11.3 Å². The van der Waals surface area contributed by atoms with Crippen LogP contribution in [0.1, 0.15) is 16.3 Å². The number of methoxy groups -OCH3 is 1. The first-order chi connectivity index (χ1) is 12.0. The summed E-state index contributed by atoms with van der Waals surface area (Å²) in [4.78, 5) is 14.9. The lowest BCUT2D eigenvalue weighted by atomic mass is 10.3. The number of rotatable bonds is 3. The van der Waals surface area contributed by atoms with Crippen LogP contribution in [0.15, 0.2) is 11.4 Å². The summed E-state index contributed by atoms with van der Waals surface area (Å²) in [6.07, 6.45) is 0. The van der Waals surface area contributed by atoms with Crippen molar-refractivity contribution in [1.29, 1.82) is 0 Å². The second-order valence-corrected chi connectivity index (χ2v) is 7.53. The molecule has 8 heteroatoms. The molecule has 1 aliphatic heterocycles. The highest BCUT2D eigenvalue weighted by Crippen LogP contribution is 2.26. The molecule has 1 aliphatic rings. The fourth-order valence-corrected chi connectivity index (χ4v) is 3.84. The Morgan fingerprint density at radius 3 is 2.44 bits per heavy atom. The summed E-state index contributed by atoms with van der Waals surface area (Å²) in [7, 11) is 1.59. The molecule has 1 N–H and O–H groups in total. The number of hydrogen-bond donors (Lipinski definition) is 1. The minimum absolute atomic E-state index is 0.470. The fraction of sp³-hybridized carbons (Fsp3) is 0.471. The van der Waals surface area contributed by atoms with E-state index in [0.717, 1.165) is 37.6 Å². The maximum absolute atomic E-state index is 5.58. The summed E-state index contributed by atoms with van der Waals surface area (Å²) in [6, 6.07) is 2.20. The van der Waals surface area contributed by atoms with Gasteiger partial charge in [0.2, 0.25) is 0 Å². The molecule has 0 bridgehead atoms. The smallest absolute Gasteiger partial charge is 0.257 e. The number of nitrogens with one attached hydrogen (secondary N) is 1. The predicted molar refractivity (Wildman–Crippen MR) is 107 cm³/mol. The Bertz CT molecular complexity index is 768. The fourth-order valence-electron chi connectivity index (χ4n) is 2.84. The minimum Gasteiger partial charge on any atom is -0.478 e. The molecule has 0 amide bonds. The van der Waals surface area contributed by atoms with Crippen LogP contribution in [0.25, 0.3) is 0 Å². The Morgan fingerprint density at radius 2 is 1.84 bits per heavy atom. The van der Waals surface area contributed by atoms with Crippen LogP contribution in [-0.2, 0) is 0 Å². The van der Waals surface area contributed by atoms with Crippen molar-refractivity contribution in [2.45, 2.75) is 20.8 Å². The normalized spacial score (nSPS) is 14.6. The number of piperazine rings is 1. The van der Waals surface area contributed by atoms with E-state index in [4.69, 9.17) is 17.0 Å². The van der Waals surface area contributed by atoms with Crippen LogP contribution in [0.4, 0.5) is 11.5 Å². The van der Waals surface area contributed by atoms with Crippen LogP contribution < -0.4 is 15.0 Å². The zero-order chi connectivity index (χ0) is 18.0. The lowest BCUT2D eigenvalue weighted by Gasteiger charge is -2.37. The number of aryl methyl sites for hydroxylation is 3. The highest BCUT2D eigenvalue weighted by molar-refractivity contribution is 7.80. The third-order valence-electron chi connectivity index (χ3n) is 4.43. The van der Waals surface area contributed by atoms with Crippen molar-refractivity contribution in [2.24, 2.45) is 0 Å². The lowest BCUT2D eigenvalue weighted by Crippen LogP contribution is -2.50. The van der Waals surface area contributed by atoms with Crippen molar-refractivity contribution in [3.05, 3.63) is 27.7 Å². The van der Waals surface area contributed by atoms with Gasteiger partial charge >= 0.3 is 0 Å². The first kappa shape index (κ1) is 17.9. The summed E-state index contributed by atoms with van der Waals surface area (Å²) in [5.74, 6) is 1.05. The quantitative estimate of drug-likeness (QED) is 0.825. The van der Waals surface area contributed by atoms with E-state index in [-0.39, 0.29) is 0 Å². The second kappa shape index (κ2) is 7.53. The number of ether oxygens (including phenoxy) is 1. The standard InChI is InChI=1S/C17H23N5OS2/c1-11-12(2)19-16(23-4)15(18-11)20-17(24)22-8-6-21(7-9-22)14-5-10-25-13(14)3/h5,10H,6-9H2,1-4H3,(H,18,20,24). The van der Waals surface area contributed by atoms with Gasteiger partial charge in [0.1, 0.15) is 0 Å². The van der Waals surface area contributed by atoms with Gasteiger partial charge in [0.05, 0.1) is 24.2 Å². The average molecular weight is 378 g/mol. The summed E-state index contributed by atoms with van der Waals surface area (Å²) < 4.78 is 5.33. The van der Waals surface area contributed by atoms with Gasteiger partial charge < -0.3 is 19.9 Å². The molecule has 0 aliphatic carbocycles. The van der Waals surface area contributed by atoms with Crippen LogP contribution in [0.5, 0.6) is 5.88 Å². The van der Waals surface area contributed by atoms with Crippen LogP contribution in [0.3, 0.4) is 0 Å². The number of anilines is 2. The van der Waals surface area contributed by atoms with Gasteiger partial charge in [0, 0.05) is 31.1 Å². The zero-order valence-corrected chi connectivity index (χ0v) is 16.6. The lowest BCUT2D eigenvalue weighted by molar-refractivity contribution is 0.387. The average Bonchev–Trinajstić information content (AvgIpc) is 3.04. The van der Waals surface area contributed by atoms with Crippen molar-refractivity contribution < 1.29 is 4.74 Å². The third kappa shape index (κ3) is 3.85. The van der Waals surface area contributed by atoms with Crippen molar-refractivity contribution in [1.82, 2.24) is 14.9 Å². The third-order valence-corrected chi connectivity index (χ3v) is 5.63. The van der Waals surface area contributed by atoms with Crippen molar-refractivity contribution in [3.63, 3.8) is 0 Å². The van der Waals surface area contributed by atoms with E-state index in [1.165, 1.54) is 10.6 Å². The van der Waals surface area contributed by atoms with Crippen LogP contribution in [0, 0.1) is 20.8 Å². The largest absolute Gasteiger partial charge is 0.478 e. The monoisotopic (exact) mass is 377 g/mol. The van der Waals surface area contributed by atoms with Gasteiger partial charge in [0.15, 0.2) is 10.9 Å². The zero-order valence-electron chi connectivity index (χ0n) is 15.0. The minimum atomic E-state index is 0.470. The maximum atomic E-state index is 5.58. The molecule has 1 saturated heterocycles. The SMILES string of the molecule is COc1nc(C)c(C)nc1NC(=S)N1CCN(c2ccsc2C)CC1. The highest BCUT2D eigenvalue weighted by Gasteiger charge is 2.22. The van der Waals surface area contributed by atoms with E-state index in [0.29, 0.717) is 16.8 Å². The number of nitrogens with zero attached hydrogens (tertiary/aromatic N) is 4. The van der Waals surface area contributed by atoms with Gasteiger partial charge in [-0.3, -0.25) is 0 Å². The van der Waals surface area contributed by atoms with E-state index in [1.807, 2.05) is 13.8 Å². The molecular weight excluding hydrogens is 354 g/mol. The van der Waals surface area contributed by atoms with Gasteiger partial charge in [-0.05, 0) is 44.4 Å². The molecule has 134 valence electrons. The molecule has 1 fully saturated rings. The van der Waals surface area contributed by atoms with E-state index in [1.54, 1.807) is 18.4 Å². The van der Waals surface area contributed by atoms with Gasteiger partial charge in [-0.2, -0.15) is 0 Å². The first-order valence-corrected chi connectivity index (χ1v) is 9.52. The van der Waals surface area contributed by atoms with Crippen molar-refractivity contribution >= 4 is 40.2 Å². The van der Waals surface area contributed by atoms with Crippen LogP contribution in [-0.4, -0.2) is 53.3 Å². The number of hydrogen-bond acceptors (Lipinski definition) is 6. The molecule has 0 spiro atoms. The van der Waals surface area contributed by atoms with Gasteiger partial charge in [0.25, 0.3) is 5.88 Å². The van der Waals surface area contributed by atoms with E-state index in [9.17, 15) is 0 Å². The summed E-state index contributed by atoms with van der Waals surface area (Å²) >= 11 is 7.37. The number of aromatic nitrogens is 2. The molecule has 3 rings (SSSR count). The molecule has 25 heavy (non-hydrogen) atoms. The van der Waals surface area contributed by atoms with E-state index < -0.39 is 0 Å². The molecule has 3 heterocycles. The van der Waals surface area contributed by atoms with Gasteiger partial charge in [-0.25, -0.2) is 9.97 Å². The Hall–Kier alpha value is -1.93. The van der Waals surface area contributed by atoms with E-state index in [2.05, 4.69) is 43.5 Å². The molecule has 2 aromatic rings. The topological polar surface area (TPSA) is 53.5 Å². The molecular formula is C17H23N5OS2. The number of thiophene rings is 1. The molecule has 2 aromatic heterocycles. The summed E-state index contributed by atoms with van der Waals surface area (Å²) in [5.41, 5.74) is 3.06. The van der Waals surface area contributed by atoms with Crippen LogP contribution in [0.2, 0.25) is 0 Å². The molecule has 0 atom stereocenters. The molecule has 0 aromatic carbocycles. The van der Waals surface area contributed by atoms with Crippen LogP contribution >= 0.6 is 23.6 Å². The molecule has 0 saturated carbocycles. The van der Waals surface area contributed by atoms with Crippen molar-refractivity contribution in [2.75, 3.05) is 43.5 Å². The van der Waals surface area contributed by atoms with Crippen molar-refractivity contribution in [3.8, 4) is 5.88 Å². The Morgan fingerprint density at radius 1 is 1.16 bits per heavy atom. The summed E-state index contributed by atoms with van der Waals surface area (Å²) in [5, 5.41) is 6.01. The highest BCUT2D eigenvalue weighted by atomic mass is 32.1. The van der Waals surface area contributed by atoms with E-state index >= 15 is 0 Å². The maximum Gasteiger partial charge on any atom is 0.257 e. The number of thiocarbonyl (C=S) groups is 1.